The summed E-state index contributed by atoms with van der Waals surface area (Å²) in [6.45, 7) is 0. The third kappa shape index (κ3) is 2.05. The molecule has 64 valence electrons. The summed E-state index contributed by atoms with van der Waals surface area (Å²) in [5.41, 5.74) is 0. The molecule has 0 bridgehead atoms. The molecule has 0 aromatic carbocycles. The van der Waals surface area contributed by atoms with E-state index in [4.69, 9.17) is 5.26 Å². The number of allylic oxidation sites excluding steroid dienone is 3. The van der Waals surface area contributed by atoms with Gasteiger partial charge in [-0.3, -0.25) is 0 Å². The normalized spacial score (nSPS) is 23.2. The minimum absolute atomic E-state index is 0.594. The van der Waals surface area contributed by atoms with Crippen LogP contribution in [0.2, 0.25) is 0 Å². The molecule has 1 unspecified atom stereocenters. The molecule has 5 heteroatoms. The molecular weight excluding hydrogens is 187 g/mol. The second kappa shape index (κ2) is 3.23. The Morgan fingerprint density at radius 1 is 1.50 bits per heavy atom. The molecule has 0 aliphatic carbocycles. The molecule has 0 radical (unpaired) electrons. The van der Waals surface area contributed by atoms with Crippen molar-refractivity contribution in [1.29, 1.82) is 5.26 Å². The second-order valence-corrected chi connectivity index (χ2v) is 3.08. The minimum atomic E-state index is -4.33. The van der Waals surface area contributed by atoms with Crippen LogP contribution in [-0.2, 0) is 0 Å². The Kier molecular flexibility index (Phi) is 2.48. The summed E-state index contributed by atoms with van der Waals surface area (Å²) in [7, 11) is 0. The van der Waals surface area contributed by atoms with E-state index in [1.807, 2.05) is 0 Å². The van der Waals surface area contributed by atoms with Crippen LogP contribution in [0.25, 0.3) is 0 Å². The molecule has 0 spiro atoms. The second-order valence-electron chi connectivity index (χ2n) is 2.13. The Bertz CT molecular complexity index is 271. The van der Waals surface area contributed by atoms with Crippen LogP contribution in [-0.4, -0.2) is 6.18 Å². The van der Waals surface area contributed by atoms with Crippen molar-refractivity contribution in [2.45, 2.75) is 6.18 Å². The Morgan fingerprint density at radius 2 is 2.17 bits per heavy atom. The fraction of sp³-hybridized carbons (Fsp3) is 0.286. The predicted octanol–water partition coefficient (Wildman–Crippen LogP) is 2.83. The lowest BCUT2D eigenvalue weighted by molar-refractivity contribution is -0.0838. The lowest BCUT2D eigenvalue weighted by atomic mass is 10.1. The monoisotopic (exact) mass is 191 g/mol. The number of halogens is 3. The van der Waals surface area contributed by atoms with E-state index in [2.05, 4.69) is 0 Å². The zero-order chi connectivity index (χ0) is 9.19. The number of alkyl halides is 3. The maximum absolute atomic E-state index is 12.0. The summed E-state index contributed by atoms with van der Waals surface area (Å²) < 4.78 is 36.1. The van der Waals surface area contributed by atoms with Crippen molar-refractivity contribution < 1.29 is 13.2 Å². The molecule has 1 rings (SSSR count). The van der Waals surface area contributed by atoms with Crippen molar-refractivity contribution >= 4 is 11.8 Å². The van der Waals surface area contributed by atoms with Gasteiger partial charge in [0.15, 0.2) is 0 Å². The Balaban J connectivity index is 2.83. The quantitative estimate of drug-likeness (QED) is 0.587. The molecule has 12 heavy (non-hydrogen) atoms. The summed E-state index contributed by atoms with van der Waals surface area (Å²) in [5, 5.41) is 9.64. The molecule has 0 aromatic heterocycles. The standard InChI is InChI=1S/C7H4F3NS/c8-7(9,10)6-3-5(4-11)1-2-12-6/h1-3,5H. The van der Waals surface area contributed by atoms with Crippen molar-refractivity contribution in [3.8, 4) is 6.07 Å². The molecular formula is C7H4F3NS. The van der Waals surface area contributed by atoms with E-state index in [0.717, 1.165) is 6.08 Å². The van der Waals surface area contributed by atoms with E-state index in [0.29, 0.717) is 11.8 Å². The van der Waals surface area contributed by atoms with Crippen LogP contribution in [0.5, 0.6) is 0 Å². The minimum Gasteiger partial charge on any atom is -0.197 e. The average Bonchev–Trinajstić information content (AvgIpc) is 2.03. The smallest absolute Gasteiger partial charge is 0.197 e. The summed E-state index contributed by atoms with van der Waals surface area (Å²) in [5.74, 6) is -0.747. The van der Waals surface area contributed by atoms with E-state index >= 15 is 0 Å². The van der Waals surface area contributed by atoms with Gasteiger partial charge < -0.3 is 0 Å². The molecule has 0 saturated heterocycles. The van der Waals surface area contributed by atoms with E-state index in [9.17, 15) is 13.2 Å². The van der Waals surface area contributed by atoms with Gasteiger partial charge in [-0.25, -0.2) is 0 Å². The van der Waals surface area contributed by atoms with E-state index in [-0.39, 0.29) is 0 Å². The summed E-state index contributed by atoms with van der Waals surface area (Å²) in [6, 6.07) is 1.73. The highest BCUT2D eigenvalue weighted by atomic mass is 32.2. The first-order chi connectivity index (χ1) is 5.54. The third-order valence-electron chi connectivity index (χ3n) is 1.24. The summed E-state index contributed by atoms with van der Waals surface area (Å²) >= 11 is 0.594. The van der Waals surface area contributed by atoms with Gasteiger partial charge in [0, 0.05) is 0 Å². The van der Waals surface area contributed by atoms with Crippen molar-refractivity contribution in [3.05, 3.63) is 22.5 Å². The van der Waals surface area contributed by atoms with Crippen LogP contribution in [0.15, 0.2) is 22.5 Å². The largest absolute Gasteiger partial charge is 0.422 e. The molecule has 0 saturated carbocycles. The number of nitrogens with zero attached hydrogens (tertiary/aromatic N) is 1. The number of hydrogen-bond donors (Lipinski definition) is 0. The van der Waals surface area contributed by atoms with Gasteiger partial charge in [-0.15, -0.1) is 0 Å². The van der Waals surface area contributed by atoms with Gasteiger partial charge in [0.25, 0.3) is 0 Å². The zero-order valence-electron chi connectivity index (χ0n) is 5.80. The van der Waals surface area contributed by atoms with E-state index in [1.165, 1.54) is 11.5 Å². The molecule has 0 amide bonds. The van der Waals surface area contributed by atoms with Crippen LogP contribution >= 0.6 is 11.8 Å². The van der Waals surface area contributed by atoms with E-state index < -0.39 is 17.0 Å². The first-order valence-electron chi connectivity index (χ1n) is 3.06. The van der Waals surface area contributed by atoms with Gasteiger partial charge in [-0.05, 0) is 11.5 Å². The van der Waals surface area contributed by atoms with Gasteiger partial charge in [0.05, 0.1) is 16.9 Å². The van der Waals surface area contributed by atoms with Gasteiger partial charge in [0.2, 0.25) is 0 Å². The highest BCUT2D eigenvalue weighted by molar-refractivity contribution is 8.05. The number of thioether (sulfide) groups is 1. The Morgan fingerprint density at radius 3 is 2.67 bits per heavy atom. The zero-order valence-corrected chi connectivity index (χ0v) is 6.62. The summed E-state index contributed by atoms with van der Waals surface area (Å²) in [6.07, 6.45) is -1.98. The highest BCUT2D eigenvalue weighted by Crippen LogP contribution is 2.38. The Hall–Kier alpha value is -0.890. The fourth-order valence-corrected chi connectivity index (χ4v) is 1.45. The Labute approximate surface area is 71.6 Å². The maximum Gasteiger partial charge on any atom is 0.422 e. The molecule has 1 nitrogen and oxygen atoms in total. The molecule has 0 fully saturated rings. The first kappa shape index (κ1) is 9.20. The van der Waals surface area contributed by atoms with Gasteiger partial charge in [-0.1, -0.05) is 17.8 Å². The summed E-state index contributed by atoms with van der Waals surface area (Å²) in [4.78, 5) is -0.712. The lowest BCUT2D eigenvalue weighted by Crippen LogP contribution is -2.11. The highest BCUT2D eigenvalue weighted by Gasteiger charge is 2.35. The SMILES string of the molecule is N#CC1C=CSC(C(F)(F)F)=C1. The van der Waals surface area contributed by atoms with Gasteiger partial charge in [-0.2, -0.15) is 18.4 Å². The topological polar surface area (TPSA) is 23.8 Å². The van der Waals surface area contributed by atoms with Crippen LogP contribution in [0.3, 0.4) is 0 Å². The van der Waals surface area contributed by atoms with Crippen molar-refractivity contribution in [2.75, 3.05) is 0 Å². The van der Waals surface area contributed by atoms with Gasteiger partial charge in [0.1, 0.15) is 0 Å². The van der Waals surface area contributed by atoms with Crippen LogP contribution in [0.4, 0.5) is 13.2 Å². The molecule has 1 aliphatic heterocycles. The lowest BCUT2D eigenvalue weighted by Gasteiger charge is -2.12. The van der Waals surface area contributed by atoms with Gasteiger partial charge >= 0.3 is 6.18 Å². The third-order valence-corrected chi connectivity index (χ3v) is 2.15. The molecule has 1 atom stereocenters. The van der Waals surface area contributed by atoms with Crippen LogP contribution < -0.4 is 0 Å². The molecule has 0 aromatic rings. The van der Waals surface area contributed by atoms with Crippen molar-refractivity contribution in [1.82, 2.24) is 0 Å². The fourth-order valence-electron chi connectivity index (χ4n) is 0.697. The number of hydrogen-bond acceptors (Lipinski definition) is 2. The molecule has 1 heterocycles. The van der Waals surface area contributed by atoms with Crippen molar-refractivity contribution in [3.63, 3.8) is 0 Å². The van der Waals surface area contributed by atoms with Crippen LogP contribution in [0.1, 0.15) is 0 Å². The maximum atomic E-state index is 12.0. The average molecular weight is 191 g/mol. The first-order valence-corrected chi connectivity index (χ1v) is 3.94. The van der Waals surface area contributed by atoms with E-state index in [1.54, 1.807) is 6.07 Å². The predicted molar refractivity (Wildman–Crippen MR) is 40.0 cm³/mol. The van der Waals surface area contributed by atoms with Crippen LogP contribution in [0, 0.1) is 17.2 Å². The number of nitriles is 1. The number of rotatable bonds is 0. The molecule has 0 N–H and O–H groups in total. The molecule has 1 aliphatic rings. The van der Waals surface area contributed by atoms with Crippen molar-refractivity contribution in [2.24, 2.45) is 5.92 Å².